The summed E-state index contributed by atoms with van der Waals surface area (Å²) >= 11 is 0. The van der Waals surface area contributed by atoms with E-state index in [-0.39, 0.29) is 12.0 Å². The Balaban J connectivity index is 4.18. The second-order valence-electron chi connectivity index (χ2n) is 2.46. The summed E-state index contributed by atoms with van der Waals surface area (Å²) in [5.74, 6) is -1.55. The number of aliphatic carboxylic acids is 1. The summed E-state index contributed by atoms with van der Waals surface area (Å²) in [7, 11) is 0. The molecule has 4 heteroatoms. The third kappa shape index (κ3) is 5.80. The van der Waals surface area contributed by atoms with Crippen LogP contribution in [0, 0.1) is 0 Å². The highest BCUT2D eigenvalue weighted by Crippen LogP contribution is 1.99. The maximum absolute atomic E-state index is 11.1. The lowest BCUT2D eigenvalue weighted by atomic mass is 10.2. The number of carboxylic acids is 1. The van der Waals surface area contributed by atoms with E-state index in [4.69, 9.17) is 5.11 Å². The number of rotatable bonds is 4. The van der Waals surface area contributed by atoms with Gasteiger partial charge >= 0.3 is 11.9 Å². The Labute approximate surface area is 82.2 Å². The molecule has 0 bridgehead atoms. The van der Waals surface area contributed by atoms with E-state index in [1.807, 2.05) is 0 Å². The number of allylic oxidation sites excluding steroid dienone is 1. The highest BCUT2D eigenvalue weighted by atomic mass is 16.5. The lowest BCUT2D eigenvalue weighted by Gasteiger charge is -1.96. The van der Waals surface area contributed by atoms with Gasteiger partial charge in [-0.15, -0.1) is 0 Å². The van der Waals surface area contributed by atoms with Crippen molar-refractivity contribution >= 4 is 11.9 Å². The fourth-order valence-electron chi connectivity index (χ4n) is 0.572. The van der Waals surface area contributed by atoms with E-state index in [2.05, 4.69) is 10.5 Å². The second-order valence-corrected chi connectivity index (χ2v) is 2.46. The third-order valence-corrected chi connectivity index (χ3v) is 1.31. The van der Waals surface area contributed by atoms with Gasteiger partial charge in [0.05, 0.1) is 6.42 Å². The molecule has 0 radical (unpaired) electrons. The van der Waals surface area contributed by atoms with Crippen LogP contribution in [0.5, 0.6) is 0 Å². The molecule has 0 spiro atoms. The van der Waals surface area contributed by atoms with Crippen LogP contribution < -0.4 is 0 Å². The standard InChI is InChI=1S/C10H12O4/c1-3-4-7-14-10(13)8(2)5-6-9(11)12/h3,5,7H,6H2,1-2H3,(H,11,12). The number of hydrogen-bond donors (Lipinski definition) is 1. The van der Waals surface area contributed by atoms with Gasteiger partial charge in [-0.1, -0.05) is 11.8 Å². The van der Waals surface area contributed by atoms with E-state index in [0.717, 1.165) is 6.26 Å². The molecule has 0 saturated carbocycles. The smallest absolute Gasteiger partial charge is 0.338 e. The molecule has 0 aromatic rings. The number of carboxylic acid groups (broad SMARTS) is 1. The van der Waals surface area contributed by atoms with Gasteiger partial charge in [0.1, 0.15) is 6.26 Å². The van der Waals surface area contributed by atoms with Crippen molar-refractivity contribution < 1.29 is 19.4 Å². The molecule has 0 atom stereocenters. The summed E-state index contributed by atoms with van der Waals surface area (Å²) in [6.45, 7) is 3.23. The average molecular weight is 196 g/mol. The van der Waals surface area contributed by atoms with Crippen LogP contribution in [-0.4, -0.2) is 17.0 Å². The molecule has 0 saturated heterocycles. The zero-order valence-electron chi connectivity index (χ0n) is 8.11. The van der Waals surface area contributed by atoms with Crippen LogP contribution in [-0.2, 0) is 14.3 Å². The van der Waals surface area contributed by atoms with E-state index < -0.39 is 11.9 Å². The summed E-state index contributed by atoms with van der Waals surface area (Å²) in [5.41, 5.74) is 2.83. The van der Waals surface area contributed by atoms with Crippen molar-refractivity contribution in [3.8, 4) is 0 Å². The molecule has 0 aliphatic carbocycles. The van der Waals surface area contributed by atoms with Gasteiger partial charge in [-0.3, -0.25) is 4.79 Å². The van der Waals surface area contributed by atoms with Crippen molar-refractivity contribution in [1.29, 1.82) is 0 Å². The van der Waals surface area contributed by atoms with Gasteiger partial charge in [0.15, 0.2) is 0 Å². The molecule has 1 N–H and O–H groups in total. The van der Waals surface area contributed by atoms with Crippen LogP contribution in [0.15, 0.2) is 29.7 Å². The normalized spacial score (nSPS) is 10.0. The van der Waals surface area contributed by atoms with Crippen molar-refractivity contribution in [2.75, 3.05) is 0 Å². The average Bonchev–Trinajstić information content (AvgIpc) is 2.14. The molecule has 76 valence electrons. The Morgan fingerprint density at radius 2 is 2.14 bits per heavy atom. The first-order chi connectivity index (χ1) is 6.57. The summed E-state index contributed by atoms with van der Waals surface area (Å²) in [6.07, 6.45) is 3.83. The molecular formula is C10H12O4. The first-order valence-corrected chi connectivity index (χ1v) is 4.03. The number of carbonyl (C=O) groups is 2. The summed E-state index contributed by atoms with van der Waals surface area (Å²) in [5, 5.41) is 8.34. The molecule has 0 aromatic carbocycles. The van der Waals surface area contributed by atoms with E-state index in [9.17, 15) is 9.59 Å². The van der Waals surface area contributed by atoms with Gasteiger partial charge in [0, 0.05) is 5.57 Å². The van der Waals surface area contributed by atoms with Gasteiger partial charge < -0.3 is 9.84 Å². The lowest BCUT2D eigenvalue weighted by molar-refractivity contribution is -0.136. The Kier molecular flexibility index (Phi) is 5.83. The lowest BCUT2D eigenvalue weighted by Crippen LogP contribution is -2.02. The quantitative estimate of drug-likeness (QED) is 0.321. The van der Waals surface area contributed by atoms with Gasteiger partial charge in [0.2, 0.25) is 0 Å². The van der Waals surface area contributed by atoms with E-state index in [0.29, 0.717) is 0 Å². The fourth-order valence-corrected chi connectivity index (χ4v) is 0.572. The minimum absolute atomic E-state index is 0.186. The van der Waals surface area contributed by atoms with Gasteiger partial charge in [0.25, 0.3) is 0 Å². The number of ether oxygens (including phenoxy) is 1. The minimum Gasteiger partial charge on any atom is -0.481 e. The zero-order valence-corrected chi connectivity index (χ0v) is 8.11. The van der Waals surface area contributed by atoms with Crippen molar-refractivity contribution in [1.82, 2.24) is 0 Å². The first-order valence-electron chi connectivity index (χ1n) is 4.03. The van der Waals surface area contributed by atoms with E-state index in [1.165, 1.54) is 13.0 Å². The Bertz CT molecular complexity index is 306. The van der Waals surface area contributed by atoms with Crippen molar-refractivity contribution in [2.24, 2.45) is 0 Å². The second kappa shape index (κ2) is 6.69. The number of hydrogen-bond acceptors (Lipinski definition) is 3. The molecule has 0 fully saturated rings. The van der Waals surface area contributed by atoms with Crippen LogP contribution in [0.3, 0.4) is 0 Å². The Hall–Kier alpha value is -1.80. The van der Waals surface area contributed by atoms with Crippen LogP contribution in [0.1, 0.15) is 20.3 Å². The maximum Gasteiger partial charge on any atom is 0.338 e. The first kappa shape index (κ1) is 12.2. The molecule has 0 unspecified atom stereocenters. The molecular weight excluding hydrogens is 184 g/mol. The van der Waals surface area contributed by atoms with Crippen LogP contribution >= 0.6 is 0 Å². The van der Waals surface area contributed by atoms with Gasteiger partial charge in [-0.2, -0.15) is 0 Å². The molecule has 0 aliphatic rings. The molecule has 0 aliphatic heterocycles. The van der Waals surface area contributed by atoms with Crippen LogP contribution in [0.4, 0.5) is 0 Å². The molecule has 0 aromatic heterocycles. The summed E-state index contributed by atoms with van der Waals surface area (Å²) in [4.78, 5) is 21.2. The van der Waals surface area contributed by atoms with Crippen molar-refractivity contribution in [3.63, 3.8) is 0 Å². The molecule has 0 rings (SSSR count). The largest absolute Gasteiger partial charge is 0.481 e. The molecule has 0 amide bonds. The third-order valence-electron chi connectivity index (χ3n) is 1.31. The van der Waals surface area contributed by atoms with Gasteiger partial charge in [-0.25, -0.2) is 4.79 Å². The zero-order chi connectivity index (χ0) is 11.0. The predicted octanol–water partition coefficient (Wildman–Crippen LogP) is 1.64. The molecule has 4 nitrogen and oxygen atoms in total. The topological polar surface area (TPSA) is 63.6 Å². The monoisotopic (exact) mass is 196 g/mol. The summed E-state index contributed by atoms with van der Waals surface area (Å²) in [6, 6.07) is 0. The minimum atomic E-state index is -0.985. The van der Waals surface area contributed by atoms with Crippen molar-refractivity contribution in [3.05, 3.63) is 29.7 Å². The van der Waals surface area contributed by atoms with Crippen LogP contribution in [0.2, 0.25) is 0 Å². The van der Waals surface area contributed by atoms with E-state index >= 15 is 0 Å². The maximum atomic E-state index is 11.1. The SMILES string of the molecule is CC=C=COC(=O)C(C)=CCC(=O)O. The predicted molar refractivity (Wildman–Crippen MR) is 50.4 cm³/mol. The number of carbonyl (C=O) groups excluding carboxylic acids is 1. The van der Waals surface area contributed by atoms with Crippen LogP contribution in [0.25, 0.3) is 0 Å². The highest BCUT2D eigenvalue weighted by molar-refractivity contribution is 5.88. The highest BCUT2D eigenvalue weighted by Gasteiger charge is 2.04. The number of esters is 1. The van der Waals surface area contributed by atoms with Gasteiger partial charge in [-0.05, 0) is 19.9 Å². The van der Waals surface area contributed by atoms with E-state index in [1.54, 1.807) is 13.0 Å². The van der Waals surface area contributed by atoms with Crippen molar-refractivity contribution in [2.45, 2.75) is 20.3 Å². The summed E-state index contributed by atoms with van der Waals surface area (Å²) < 4.78 is 4.61. The fraction of sp³-hybridized carbons (Fsp3) is 0.300. The molecule has 14 heavy (non-hydrogen) atoms. The Morgan fingerprint density at radius 1 is 1.50 bits per heavy atom. The Morgan fingerprint density at radius 3 is 2.64 bits per heavy atom. The molecule has 0 heterocycles.